The molecule has 2 aromatic carbocycles. The highest BCUT2D eigenvalue weighted by atomic mass is 32.2. The Morgan fingerprint density at radius 3 is 2.89 bits per heavy atom. The lowest BCUT2D eigenvalue weighted by atomic mass is 10.1. The van der Waals surface area contributed by atoms with Crippen LogP contribution >= 0.6 is 23.1 Å². The summed E-state index contributed by atoms with van der Waals surface area (Å²) in [5, 5.41) is 11.4. The fourth-order valence-electron chi connectivity index (χ4n) is 2.34. The number of aliphatic hydroxyl groups excluding tert-OH is 1. The molecule has 0 saturated carbocycles. The number of nitrogens with one attached hydrogen (secondary N) is 2. The van der Waals surface area contributed by atoms with Gasteiger partial charge in [-0.2, -0.15) is 0 Å². The highest BCUT2D eigenvalue weighted by molar-refractivity contribution is 7.98. The van der Waals surface area contributed by atoms with Crippen LogP contribution in [0.5, 0.6) is 0 Å². The smallest absolute Gasteiger partial charge is 0.277 e. The molecule has 0 spiro atoms. The van der Waals surface area contributed by atoms with Crippen LogP contribution in [0.3, 0.4) is 0 Å². The quantitative estimate of drug-likeness (QED) is 0.312. The summed E-state index contributed by atoms with van der Waals surface area (Å²) in [6.07, 6.45) is 1.81. The summed E-state index contributed by atoms with van der Waals surface area (Å²) in [5.41, 5.74) is 3.39. The van der Waals surface area contributed by atoms with Gasteiger partial charge >= 0.3 is 0 Å². The highest BCUT2D eigenvalue weighted by Crippen LogP contribution is 2.33. The van der Waals surface area contributed by atoms with Crippen molar-refractivity contribution in [2.24, 2.45) is 0 Å². The monoisotopic (exact) mass is 411 g/mol. The van der Waals surface area contributed by atoms with Crippen LogP contribution in [-0.4, -0.2) is 35.5 Å². The Hall–Kier alpha value is -2.27. The average molecular weight is 411 g/mol. The number of hydroxylamine groups is 1. The zero-order chi connectivity index (χ0) is 19.4. The molecular weight excluding hydrogens is 396 g/mol. The molecule has 0 aliphatic heterocycles. The SMILES string of the molecule is CSc1ccc(Nc2c(C(=O)NOCCO)cc3scnc3c2F)c(F)c1. The van der Waals surface area contributed by atoms with Crippen LogP contribution in [0.4, 0.5) is 20.2 Å². The number of hydrogen-bond acceptors (Lipinski definition) is 7. The van der Waals surface area contributed by atoms with E-state index >= 15 is 0 Å². The number of rotatable bonds is 7. The van der Waals surface area contributed by atoms with Gasteiger partial charge in [0.2, 0.25) is 0 Å². The second-order valence-electron chi connectivity index (χ2n) is 5.29. The molecule has 0 saturated heterocycles. The predicted molar refractivity (Wildman–Crippen MR) is 102 cm³/mol. The minimum Gasteiger partial charge on any atom is -0.394 e. The third kappa shape index (κ3) is 4.19. The zero-order valence-corrected chi connectivity index (χ0v) is 15.7. The van der Waals surface area contributed by atoms with Crippen molar-refractivity contribution in [1.29, 1.82) is 0 Å². The van der Waals surface area contributed by atoms with Crippen molar-refractivity contribution in [2.45, 2.75) is 4.90 Å². The third-order valence-corrected chi connectivity index (χ3v) is 5.11. The van der Waals surface area contributed by atoms with Crippen LogP contribution in [0.25, 0.3) is 10.2 Å². The summed E-state index contributed by atoms with van der Waals surface area (Å²) in [6, 6.07) is 5.91. The molecule has 10 heteroatoms. The van der Waals surface area contributed by atoms with Crippen molar-refractivity contribution < 1.29 is 23.5 Å². The van der Waals surface area contributed by atoms with Crippen LogP contribution in [0, 0.1) is 11.6 Å². The molecule has 0 bridgehead atoms. The summed E-state index contributed by atoms with van der Waals surface area (Å²) in [4.78, 5) is 21.9. The molecule has 1 heterocycles. The first-order chi connectivity index (χ1) is 13.0. The number of halogens is 2. The van der Waals surface area contributed by atoms with Gasteiger partial charge in [0.1, 0.15) is 11.3 Å². The molecule has 3 aromatic rings. The Balaban J connectivity index is 2.02. The van der Waals surface area contributed by atoms with E-state index in [0.717, 1.165) is 0 Å². The topological polar surface area (TPSA) is 83.5 Å². The van der Waals surface area contributed by atoms with Gasteiger partial charge in [-0.1, -0.05) is 0 Å². The second-order valence-corrected chi connectivity index (χ2v) is 7.05. The summed E-state index contributed by atoms with van der Waals surface area (Å²) >= 11 is 2.54. The normalized spacial score (nSPS) is 11.0. The van der Waals surface area contributed by atoms with Gasteiger partial charge in [0.15, 0.2) is 5.82 Å². The summed E-state index contributed by atoms with van der Waals surface area (Å²) in [5.74, 6) is -2.08. The van der Waals surface area contributed by atoms with Crippen molar-refractivity contribution in [2.75, 3.05) is 24.8 Å². The molecule has 0 radical (unpaired) electrons. The number of fused-ring (bicyclic) bond motifs is 1. The molecule has 0 unspecified atom stereocenters. The van der Waals surface area contributed by atoms with E-state index in [1.165, 1.54) is 46.8 Å². The van der Waals surface area contributed by atoms with Crippen molar-refractivity contribution in [3.8, 4) is 0 Å². The van der Waals surface area contributed by atoms with Crippen LogP contribution in [-0.2, 0) is 4.84 Å². The Labute approximate surface area is 161 Å². The van der Waals surface area contributed by atoms with E-state index in [9.17, 15) is 13.6 Å². The number of nitrogens with zero attached hydrogens (tertiary/aromatic N) is 1. The minimum atomic E-state index is -0.769. The van der Waals surface area contributed by atoms with Gasteiger partial charge in [-0.05, 0) is 30.5 Å². The van der Waals surface area contributed by atoms with Gasteiger partial charge in [0, 0.05) is 4.90 Å². The molecule has 6 nitrogen and oxygen atoms in total. The van der Waals surface area contributed by atoms with Crippen LogP contribution < -0.4 is 10.8 Å². The highest BCUT2D eigenvalue weighted by Gasteiger charge is 2.21. The molecule has 142 valence electrons. The number of amides is 1. The fourth-order valence-corrected chi connectivity index (χ4v) is 3.48. The molecule has 0 fully saturated rings. The Morgan fingerprint density at radius 2 is 2.19 bits per heavy atom. The van der Waals surface area contributed by atoms with Crippen molar-refractivity contribution in [3.63, 3.8) is 0 Å². The van der Waals surface area contributed by atoms with E-state index in [1.54, 1.807) is 6.07 Å². The number of aromatic nitrogens is 1. The van der Waals surface area contributed by atoms with Gasteiger partial charge in [0.25, 0.3) is 5.91 Å². The number of aliphatic hydroxyl groups is 1. The predicted octanol–water partition coefficient (Wildman–Crippen LogP) is 3.69. The van der Waals surface area contributed by atoms with Crippen molar-refractivity contribution >= 4 is 50.6 Å². The number of carbonyl (C=O) groups is 1. The fraction of sp³-hybridized carbons (Fsp3) is 0.176. The molecule has 0 atom stereocenters. The van der Waals surface area contributed by atoms with E-state index in [-0.39, 0.29) is 35.7 Å². The van der Waals surface area contributed by atoms with E-state index < -0.39 is 17.5 Å². The molecule has 3 N–H and O–H groups in total. The number of anilines is 2. The lowest BCUT2D eigenvalue weighted by Gasteiger charge is -2.14. The number of benzene rings is 2. The summed E-state index contributed by atoms with van der Waals surface area (Å²) in [7, 11) is 0. The number of carbonyl (C=O) groups excluding carboxylic acids is 1. The van der Waals surface area contributed by atoms with Gasteiger partial charge < -0.3 is 10.4 Å². The first kappa shape index (κ1) is 19.5. The summed E-state index contributed by atoms with van der Waals surface area (Å²) in [6.45, 7) is -0.412. The van der Waals surface area contributed by atoms with Gasteiger partial charge in [-0.25, -0.2) is 19.2 Å². The third-order valence-electron chi connectivity index (χ3n) is 3.61. The Kier molecular flexibility index (Phi) is 6.22. The lowest BCUT2D eigenvalue weighted by Crippen LogP contribution is -2.26. The molecule has 27 heavy (non-hydrogen) atoms. The zero-order valence-electron chi connectivity index (χ0n) is 14.1. The number of thioether (sulfide) groups is 1. The number of thiazole rings is 1. The van der Waals surface area contributed by atoms with Gasteiger partial charge in [-0.3, -0.25) is 9.63 Å². The largest absolute Gasteiger partial charge is 0.394 e. The van der Waals surface area contributed by atoms with Crippen molar-refractivity contribution in [1.82, 2.24) is 10.5 Å². The molecule has 1 amide bonds. The minimum absolute atomic E-state index is 0.0200. The molecular formula is C17H15F2N3O3S2. The maximum Gasteiger partial charge on any atom is 0.277 e. The van der Waals surface area contributed by atoms with E-state index in [2.05, 4.69) is 15.8 Å². The van der Waals surface area contributed by atoms with Crippen LogP contribution in [0.1, 0.15) is 10.4 Å². The van der Waals surface area contributed by atoms with Crippen LogP contribution in [0.2, 0.25) is 0 Å². The van der Waals surface area contributed by atoms with Gasteiger partial charge in [-0.15, -0.1) is 23.1 Å². The molecule has 0 aliphatic rings. The van der Waals surface area contributed by atoms with E-state index in [1.807, 2.05) is 6.26 Å². The van der Waals surface area contributed by atoms with Crippen LogP contribution in [0.15, 0.2) is 34.7 Å². The average Bonchev–Trinajstić information content (AvgIpc) is 3.14. The lowest BCUT2D eigenvalue weighted by molar-refractivity contribution is 0.0169. The van der Waals surface area contributed by atoms with E-state index in [4.69, 9.17) is 9.94 Å². The summed E-state index contributed by atoms with van der Waals surface area (Å²) < 4.78 is 29.8. The number of hydrogen-bond donors (Lipinski definition) is 3. The molecule has 0 aliphatic carbocycles. The Bertz CT molecular complexity index is 981. The first-order valence-electron chi connectivity index (χ1n) is 7.74. The van der Waals surface area contributed by atoms with Gasteiger partial charge in [0.05, 0.1) is 40.4 Å². The Morgan fingerprint density at radius 1 is 1.37 bits per heavy atom. The first-order valence-corrected chi connectivity index (χ1v) is 9.84. The second kappa shape index (κ2) is 8.61. The standard InChI is InChI=1S/C17H15F2N3O3S2/c1-26-9-2-3-12(11(18)6-9)21-15-10(17(24)22-25-5-4-23)7-13-16(14(15)19)20-8-27-13/h2-3,6-8,21,23H,4-5H2,1H3,(H,22,24). The molecule has 1 aromatic heterocycles. The molecule has 3 rings (SSSR count). The maximum absolute atomic E-state index is 15.0. The maximum atomic E-state index is 15.0. The van der Waals surface area contributed by atoms with E-state index in [0.29, 0.717) is 9.60 Å². The van der Waals surface area contributed by atoms with Crippen molar-refractivity contribution in [3.05, 3.63) is 47.0 Å².